The molecule has 0 aliphatic carbocycles. The Balaban J connectivity index is 2.75. The first-order chi connectivity index (χ1) is 7.12. The Kier molecular flexibility index (Phi) is 4.59. The molecular formula is C10H26O3Si3. The third kappa shape index (κ3) is 5.24. The standard InChI is InChI=1S/C10H26O3Si3/c1-14(2,3)12-16(13-15(4,5)6)10-8-7-9-11-16/h7-10H2,1-6H3. The summed E-state index contributed by atoms with van der Waals surface area (Å²) in [6.45, 7) is 14.1. The highest BCUT2D eigenvalue weighted by Crippen LogP contribution is 2.30. The van der Waals surface area contributed by atoms with Gasteiger partial charge >= 0.3 is 8.80 Å². The molecule has 1 saturated heterocycles. The van der Waals surface area contributed by atoms with Crippen molar-refractivity contribution in [1.82, 2.24) is 0 Å². The molecule has 1 aliphatic rings. The quantitative estimate of drug-likeness (QED) is 0.737. The average molecular weight is 279 g/mol. The van der Waals surface area contributed by atoms with Gasteiger partial charge in [-0.2, -0.15) is 0 Å². The molecule has 1 fully saturated rings. The van der Waals surface area contributed by atoms with Crippen LogP contribution in [0.3, 0.4) is 0 Å². The molecule has 0 spiro atoms. The Morgan fingerprint density at radius 2 is 1.38 bits per heavy atom. The molecular weight excluding hydrogens is 252 g/mol. The fourth-order valence-corrected chi connectivity index (χ4v) is 12.4. The summed E-state index contributed by atoms with van der Waals surface area (Å²) in [5, 5.41) is 0. The number of rotatable bonds is 4. The minimum absolute atomic E-state index is 0.821. The van der Waals surface area contributed by atoms with Crippen LogP contribution < -0.4 is 0 Å². The maximum Gasteiger partial charge on any atom is 0.480 e. The lowest BCUT2D eigenvalue weighted by Gasteiger charge is -2.41. The van der Waals surface area contributed by atoms with E-state index < -0.39 is 25.4 Å². The normalized spacial score (nSPS) is 22.1. The van der Waals surface area contributed by atoms with E-state index in [2.05, 4.69) is 39.3 Å². The first kappa shape index (κ1) is 14.6. The highest BCUT2D eigenvalue weighted by Gasteiger charge is 2.48. The lowest BCUT2D eigenvalue weighted by atomic mass is 10.4. The van der Waals surface area contributed by atoms with Crippen LogP contribution in [0.2, 0.25) is 45.3 Å². The fourth-order valence-electron chi connectivity index (χ4n) is 1.86. The summed E-state index contributed by atoms with van der Waals surface area (Å²) in [6, 6.07) is 1.02. The second-order valence-electron chi connectivity index (χ2n) is 6.42. The predicted molar refractivity (Wildman–Crippen MR) is 74.6 cm³/mol. The molecule has 0 aromatic heterocycles. The van der Waals surface area contributed by atoms with Crippen molar-refractivity contribution < 1.29 is 12.7 Å². The molecule has 0 saturated carbocycles. The van der Waals surface area contributed by atoms with Gasteiger partial charge in [-0.3, -0.25) is 0 Å². The van der Waals surface area contributed by atoms with E-state index in [9.17, 15) is 0 Å². The molecule has 1 rings (SSSR count). The number of hydrogen-bond acceptors (Lipinski definition) is 3. The van der Waals surface area contributed by atoms with Crippen molar-refractivity contribution in [2.75, 3.05) is 6.61 Å². The van der Waals surface area contributed by atoms with Crippen LogP contribution in [0, 0.1) is 0 Å². The monoisotopic (exact) mass is 278 g/mol. The third-order valence-electron chi connectivity index (χ3n) is 2.12. The van der Waals surface area contributed by atoms with Crippen molar-refractivity contribution in [3.63, 3.8) is 0 Å². The van der Waals surface area contributed by atoms with E-state index in [1.807, 2.05) is 0 Å². The first-order valence-corrected chi connectivity index (χ1v) is 14.9. The van der Waals surface area contributed by atoms with Gasteiger partial charge in [-0.25, -0.2) is 0 Å². The smallest absolute Gasteiger partial charge is 0.416 e. The van der Waals surface area contributed by atoms with Crippen LogP contribution >= 0.6 is 0 Å². The van der Waals surface area contributed by atoms with Crippen molar-refractivity contribution in [2.24, 2.45) is 0 Å². The second-order valence-corrected chi connectivity index (χ2v) is 18.7. The van der Waals surface area contributed by atoms with Crippen molar-refractivity contribution >= 4 is 25.4 Å². The van der Waals surface area contributed by atoms with Crippen LogP contribution in [0.1, 0.15) is 12.8 Å². The molecule has 96 valence electrons. The molecule has 0 atom stereocenters. The molecule has 0 amide bonds. The highest BCUT2D eigenvalue weighted by atomic mass is 28.5. The molecule has 1 heterocycles. The maximum absolute atomic E-state index is 6.31. The van der Waals surface area contributed by atoms with E-state index >= 15 is 0 Å². The van der Waals surface area contributed by atoms with Crippen molar-refractivity contribution in [3.05, 3.63) is 0 Å². The van der Waals surface area contributed by atoms with Gasteiger partial charge in [-0.1, -0.05) is 0 Å². The van der Waals surface area contributed by atoms with E-state index in [0.29, 0.717) is 0 Å². The van der Waals surface area contributed by atoms with Gasteiger partial charge in [0.1, 0.15) is 0 Å². The van der Waals surface area contributed by atoms with Crippen LogP contribution in [-0.2, 0) is 12.7 Å². The van der Waals surface area contributed by atoms with Gasteiger partial charge in [-0.05, 0) is 52.1 Å². The lowest BCUT2D eigenvalue weighted by Crippen LogP contribution is -2.58. The molecule has 0 N–H and O–H groups in total. The van der Waals surface area contributed by atoms with Crippen molar-refractivity contribution in [3.8, 4) is 0 Å². The Morgan fingerprint density at radius 1 is 0.875 bits per heavy atom. The van der Waals surface area contributed by atoms with Gasteiger partial charge in [0.25, 0.3) is 0 Å². The third-order valence-corrected chi connectivity index (χ3v) is 11.1. The number of hydrogen-bond donors (Lipinski definition) is 0. The minimum Gasteiger partial charge on any atom is -0.416 e. The average Bonchev–Trinajstić information content (AvgIpc) is 1.97. The summed E-state index contributed by atoms with van der Waals surface area (Å²) in [5.74, 6) is 0. The van der Waals surface area contributed by atoms with Crippen molar-refractivity contribution in [2.45, 2.75) is 58.2 Å². The molecule has 0 radical (unpaired) electrons. The van der Waals surface area contributed by atoms with Crippen LogP contribution in [-0.4, -0.2) is 32.0 Å². The molecule has 0 unspecified atom stereocenters. The van der Waals surface area contributed by atoms with Crippen LogP contribution in [0.25, 0.3) is 0 Å². The second kappa shape index (κ2) is 5.03. The van der Waals surface area contributed by atoms with E-state index in [1.165, 1.54) is 6.42 Å². The molecule has 16 heavy (non-hydrogen) atoms. The summed E-state index contributed by atoms with van der Waals surface area (Å²) >= 11 is 0. The Hall–Kier alpha value is 0.531. The Labute approximate surface area is 103 Å². The van der Waals surface area contributed by atoms with E-state index in [-0.39, 0.29) is 0 Å². The zero-order chi connectivity index (χ0) is 12.4. The molecule has 0 aromatic rings. The minimum atomic E-state index is -2.33. The van der Waals surface area contributed by atoms with Crippen LogP contribution in [0.4, 0.5) is 0 Å². The van der Waals surface area contributed by atoms with Gasteiger partial charge in [0, 0.05) is 12.7 Å². The SMILES string of the molecule is C[Si](C)(C)O[Si]1(O[Si](C)(C)C)CCCCO1. The lowest BCUT2D eigenvalue weighted by molar-refractivity contribution is 0.138. The summed E-state index contributed by atoms with van der Waals surface area (Å²) in [4.78, 5) is 0. The largest absolute Gasteiger partial charge is 0.480 e. The molecule has 3 nitrogen and oxygen atoms in total. The molecule has 0 bridgehead atoms. The summed E-state index contributed by atoms with van der Waals surface area (Å²) in [5.41, 5.74) is 0. The predicted octanol–water partition coefficient (Wildman–Crippen LogP) is 3.44. The molecule has 6 heteroatoms. The van der Waals surface area contributed by atoms with Gasteiger partial charge in [0.2, 0.25) is 0 Å². The molecule has 0 aromatic carbocycles. The Morgan fingerprint density at radius 3 is 1.69 bits per heavy atom. The fraction of sp³-hybridized carbons (Fsp3) is 1.00. The van der Waals surface area contributed by atoms with Gasteiger partial charge in [-0.15, -0.1) is 0 Å². The van der Waals surface area contributed by atoms with E-state index in [1.54, 1.807) is 0 Å². The van der Waals surface area contributed by atoms with Crippen LogP contribution in [0.15, 0.2) is 0 Å². The first-order valence-electron chi connectivity index (χ1n) is 6.16. The van der Waals surface area contributed by atoms with Gasteiger partial charge in [0.05, 0.1) is 0 Å². The zero-order valence-corrected chi connectivity index (χ0v) is 14.6. The van der Waals surface area contributed by atoms with Crippen LogP contribution in [0.5, 0.6) is 0 Å². The molecule has 1 aliphatic heterocycles. The van der Waals surface area contributed by atoms with E-state index in [0.717, 1.165) is 19.1 Å². The zero-order valence-electron chi connectivity index (χ0n) is 11.6. The topological polar surface area (TPSA) is 27.7 Å². The summed E-state index contributed by atoms with van der Waals surface area (Å²) in [6.07, 6.45) is 2.35. The van der Waals surface area contributed by atoms with E-state index in [4.69, 9.17) is 12.7 Å². The maximum atomic E-state index is 6.31. The van der Waals surface area contributed by atoms with Gasteiger partial charge < -0.3 is 12.7 Å². The van der Waals surface area contributed by atoms with Crippen molar-refractivity contribution in [1.29, 1.82) is 0 Å². The van der Waals surface area contributed by atoms with Gasteiger partial charge in [0.15, 0.2) is 16.6 Å². The highest BCUT2D eigenvalue weighted by molar-refractivity contribution is 6.85. The summed E-state index contributed by atoms with van der Waals surface area (Å²) < 4.78 is 18.6. The summed E-state index contributed by atoms with van der Waals surface area (Å²) in [7, 11) is -5.50. The Bertz CT molecular complexity index is 208.